The maximum absolute atomic E-state index is 12.9. The first-order valence-corrected chi connectivity index (χ1v) is 33.1. The Morgan fingerprint density at radius 1 is 0.267 bits per heavy atom. The molecule has 0 aromatic carbocycles. The Morgan fingerprint density at radius 3 is 0.747 bits per heavy atom. The highest BCUT2D eigenvalue weighted by Crippen LogP contribution is 2.17. The fourth-order valence-electron chi connectivity index (χ4n) is 9.80. The van der Waals surface area contributed by atoms with Gasteiger partial charge >= 0.3 is 17.9 Å². The summed E-state index contributed by atoms with van der Waals surface area (Å²) in [4.78, 5) is 38.3. The summed E-state index contributed by atoms with van der Waals surface area (Å²) < 4.78 is 16.9. The van der Waals surface area contributed by atoms with Crippen molar-refractivity contribution in [3.05, 3.63) is 48.6 Å². The van der Waals surface area contributed by atoms with E-state index in [9.17, 15) is 14.4 Å². The Hall–Kier alpha value is -2.63. The van der Waals surface area contributed by atoms with Crippen LogP contribution in [0.2, 0.25) is 0 Å². The molecule has 0 spiro atoms. The molecule has 0 bridgehead atoms. The molecule has 0 aliphatic rings. The van der Waals surface area contributed by atoms with Crippen molar-refractivity contribution >= 4 is 17.9 Å². The van der Waals surface area contributed by atoms with Crippen LogP contribution in [0.1, 0.15) is 355 Å². The van der Waals surface area contributed by atoms with Gasteiger partial charge in [0.2, 0.25) is 0 Å². The molecule has 438 valence electrons. The highest BCUT2D eigenvalue weighted by molar-refractivity contribution is 5.71. The van der Waals surface area contributed by atoms with Crippen LogP contribution in [0.25, 0.3) is 0 Å². The molecule has 6 nitrogen and oxygen atoms in total. The third-order valence-corrected chi connectivity index (χ3v) is 14.8. The van der Waals surface area contributed by atoms with Gasteiger partial charge in [-0.3, -0.25) is 14.4 Å². The second-order valence-electron chi connectivity index (χ2n) is 22.4. The van der Waals surface area contributed by atoms with Crippen molar-refractivity contribution in [1.29, 1.82) is 0 Å². The van der Waals surface area contributed by atoms with Gasteiger partial charge in [-0.2, -0.15) is 0 Å². The minimum Gasteiger partial charge on any atom is -0.462 e. The summed E-state index contributed by atoms with van der Waals surface area (Å²) in [5.41, 5.74) is 0. The van der Waals surface area contributed by atoms with Crippen molar-refractivity contribution in [2.24, 2.45) is 0 Å². The first kappa shape index (κ1) is 72.4. The molecule has 0 aliphatic heterocycles. The number of esters is 3. The molecule has 6 heteroatoms. The third-order valence-electron chi connectivity index (χ3n) is 14.8. The molecular formula is C69H126O6. The van der Waals surface area contributed by atoms with Crippen molar-refractivity contribution in [3.8, 4) is 0 Å². The predicted molar refractivity (Wildman–Crippen MR) is 325 cm³/mol. The van der Waals surface area contributed by atoms with E-state index < -0.39 is 6.10 Å². The van der Waals surface area contributed by atoms with Crippen LogP contribution >= 0.6 is 0 Å². The van der Waals surface area contributed by atoms with Gasteiger partial charge in [0.25, 0.3) is 0 Å². The lowest BCUT2D eigenvalue weighted by atomic mass is 10.0. The maximum atomic E-state index is 12.9. The lowest BCUT2D eigenvalue weighted by molar-refractivity contribution is -0.167. The van der Waals surface area contributed by atoms with Crippen molar-refractivity contribution in [3.63, 3.8) is 0 Å². The van der Waals surface area contributed by atoms with Crippen LogP contribution < -0.4 is 0 Å². The average molecular weight is 1050 g/mol. The summed E-state index contributed by atoms with van der Waals surface area (Å²) in [6, 6.07) is 0. The molecule has 0 fully saturated rings. The maximum Gasteiger partial charge on any atom is 0.306 e. The molecule has 0 radical (unpaired) electrons. The van der Waals surface area contributed by atoms with E-state index in [2.05, 4.69) is 69.4 Å². The normalized spacial score (nSPS) is 12.3. The number of unbranched alkanes of at least 4 members (excludes halogenated alkanes) is 42. The third kappa shape index (κ3) is 62.1. The van der Waals surface area contributed by atoms with Gasteiger partial charge in [-0.1, -0.05) is 301 Å². The van der Waals surface area contributed by atoms with Crippen LogP contribution in [0, 0.1) is 0 Å². The Kier molecular flexibility index (Phi) is 61.7. The minimum atomic E-state index is -0.778. The molecule has 0 aliphatic carbocycles. The van der Waals surface area contributed by atoms with E-state index in [1.807, 2.05) is 0 Å². The number of carbonyl (C=O) groups excluding carboxylic acids is 3. The molecule has 0 aromatic heterocycles. The van der Waals surface area contributed by atoms with Crippen LogP contribution in [-0.4, -0.2) is 37.2 Å². The summed E-state index contributed by atoms with van der Waals surface area (Å²) in [6.45, 7) is 6.65. The molecule has 0 saturated heterocycles. The molecule has 1 unspecified atom stereocenters. The van der Waals surface area contributed by atoms with E-state index in [-0.39, 0.29) is 31.1 Å². The van der Waals surface area contributed by atoms with Gasteiger partial charge in [0.1, 0.15) is 13.2 Å². The molecule has 75 heavy (non-hydrogen) atoms. The van der Waals surface area contributed by atoms with E-state index in [1.54, 1.807) is 0 Å². The van der Waals surface area contributed by atoms with Gasteiger partial charge in [-0.05, 0) is 83.5 Å². The standard InChI is InChI=1S/C69H126O6/c1-4-7-10-13-16-19-22-25-28-30-31-32-33-34-35-36-37-38-39-40-42-44-47-50-53-56-59-62-68(71)74-65-66(64-73-67(70)61-58-55-52-49-46-43-27-24-21-18-15-12-9-6-3)75-69(72)63-60-57-54-51-48-45-41-29-26-23-20-17-14-11-8-5-2/h20,22-23,25,29-31,41,66H,4-19,21,24,26-28,32-40,42-65H2,1-3H3/b23-20-,25-22-,31-30-,41-29-. The van der Waals surface area contributed by atoms with Crippen molar-refractivity contribution in [1.82, 2.24) is 0 Å². The molecule has 0 saturated carbocycles. The van der Waals surface area contributed by atoms with Gasteiger partial charge < -0.3 is 14.2 Å². The highest BCUT2D eigenvalue weighted by atomic mass is 16.6. The SMILES string of the molecule is CCCCCC/C=C\C/C=C\CCCCCCCC(=O)OC(COC(=O)CCCCCCCCCCCCCCCC)COC(=O)CCCCCCCCCCCCCCCCC/C=C\C/C=C\CCCCCCC. The topological polar surface area (TPSA) is 78.9 Å². The number of rotatable bonds is 61. The first-order chi connectivity index (χ1) is 37.0. The van der Waals surface area contributed by atoms with Gasteiger partial charge in [0.05, 0.1) is 0 Å². The second kappa shape index (κ2) is 63.9. The molecule has 0 N–H and O–H groups in total. The average Bonchev–Trinajstić information content (AvgIpc) is 3.41. The summed E-state index contributed by atoms with van der Waals surface area (Å²) in [7, 11) is 0. The van der Waals surface area contributed by atoms with Crippen LogP contribution in [0.15, 0.2) is 48.6 Å². The van der Waals surface area contributed by atoms with Crippen molar-refractivity contribution in [2.75, 3.05) is 13.2 Å². The van der Waals surface area contributed by atoms with Crippen molar-refractivity contribution < 1.29 is 28.6 Å². The lowest BCUT2D eigenvalue weighted by Crippen LogP contribution is -2.30. The molecule has 0 rings (SSSR count). The Labute approximate surface area is 467 Å². The lowest BCUT2D eigenvalue weighted by Gasteiger charge is -2.18. The van der Waals surface area contributed by atoms with E-state index in [1.165, 1.54) is 225 Å². The molecule has 0 aromatic rings. The summed E-state index contributed by atoms with van der Waals surface area (Å²) in [5, 5.41) is 0. The fourth-order valence-corrected chi connectivity index (χ4v) is 9.80. The smallest absolute Gasteiger partial charge is 0.306 e. The monoisotopic (exact) mass is 1050 g/mol. The fraction of sp³-hybridized carbons (Fsp3) is 0.841. The molecule has 1 atom stereocenters. The Balaban J connectivity index is 4.24. The zero-order valence-electron chi connectivity index (χ0n) is 50.3. The van der Waals surface area contributed by atoms with Gasteiger partial charge in [0.15, 0.2) is 6.10 Å². The van der Waals surface area contributed by atoms with Crippen LogP contribution in [-0.2, 0) is 28.6 Å². The highest BCUT2D eigenvalue weighted by Gasteiger charge is 2.19. The van der Waals surface area contributed by atoms with Gasteiger partial charge in [-0.25, -0.2) is 0 Å². The van der Waals surface area contributed by atoms with E-state index in [4.69, 9.17) is 14.2 Å². The number of hydrogen-bond donors (Lipinski definition) is 0. The minimum absolute atomic E-state index is 0.0744. The zero-order chi connectivity index (χ0) is 54.3. The van der Waals surface area contributed by atoms with Gasteiger partial charge in [0, 0.05) is 19.3 Å². The Bertz CT molecular complexity index is 1300. The predicted octanol–water partition coefficient (Wildman–Crippen LogP) is 22.6. The number of hydrogen-bond acceptors (Lipinski definition) is 6. The number of ether oxygens (including phenoxy) is 3. The zero-order valence-corrected chi connectivity index (χ0v) is 50.3. The van der Waals surface area contributed by atoms with Gasteiger partial charge in [-0.15, -0.1) is 0 Å². The molecule has 0 amide bonds. The summed E-state index contributed by atoms with van der Waals surface area (Å²) in [6.07, 6.45) is 79.8. The molecule has 0 heterocycles. The van der Waals surface area contributed by atoms with Crippen LogP contribution in [0.3, 0.4) is 0 Å². The summed E-state index contributed by atoms with van der Waals surface area (Å²) >= 11 is 0. The largest absolute Gasteiger partial charge is 0.462 e. The quantitative estimate of drug-likeness (QED) is 0.0261. The van der Waals surface area contributed by atoms with E-state index in [0.29, 0.717) is 19.3 Å². The second-order valence-corrected chi connectivity index (χ2v) is 22.4. The Morgan fingerprint density at radius 2 is 0.480 bits per heavy atom. The molecular weight excluding hydrogens is 925 g/mol. The number of allylic oxidation sites excluding steroid dienone is 8. The van der Waals surface area contributed by atoms with E-state index in [0.717, 1.165) is 89.9 Å². The first-order valence-electron chi connectivity index (χ1n) is 33.1. The van der Waals surface area contributed by atoms with Crippen LogP contribution in [0.5, 0.6) is 0 Å². The number of carbonyl (C=O) groups is 3. The van der Waals surface area contributed by atoms with Crippen LogP contribution in [0.4, 0.5) is 0 Å². The van der Waals surface area contributed by atoms with Crippen molar-refractivity contribution in [2.45, 2.75) is 361 Å². The summed E-state index contributed by atoms with van der Waals surface area (Å²) in [5.74, 6) is -0.866. The van der Waals surface area contributed by atoms with E-state index >= 15 is 0 Å².